The molecule has 0 aliphatic rings. The van der Waals surface area contributed by atoms with E-state index in [4.69, 9.17) is 14.6 Å². The molecule has 0 saturated heterocycles. The van der Waals surface area contributed by atoms with Crippen LogP contribution in [0.2, 0.25) is 0 Å². The Morgan fingerprint density at radius 2 is 2.21 bits per heavy atom. The van der Waals surface area contributed by atoms with Crippen molar-refractivity contribution >= 4 is 12.2 Å². The Morgan fingerprint density at radius 3 is 2.89 bits per heavy atom. The molecule has 19 heavy (non-hydrogen) atoms. The first-order valence-corrected chi connectivity index (χ1v) is 5.43. The van der Waals surface area contributed by atoms with Crippen LogP contribution >= 0.6 is 0 Å². The summed E-state index contributed by atoms with van der Waals surface area (Å²) in [7, 11) is 1.57. The second-order valence-electron chi connectivity index (χ2n) is 3.36. The third-order valence-electron chi connectivity index (χ3n) is 1.90. The van der Waals surface area contributed by atoms with Crippen molar-refractivity contribution in [3.05, 3.63) is 18.3 Å². The van der Waals surface area contributed by atoms with E-state index in [9.17, 15) is 9.59 Å². The average Bonchev–Trinajstić information content (AvgIpc) is 2.34. The monoisotopic (exact) mass is 270 g/mol. The van der Waals surface area contributed by atoms with Crippen molar-refractivity contribution in [2.75, 3.05) is 20.3 Å². The van der Waals surface area contributed by atoms with Gasteiger partial charge in [-0.05, 0) is 12.5 Å². The van der Waals surface area contributed by atoms with Crippen LogP contribution in [0.5, 0.6) is 11.6 Å². The van der Waals surface area contributed by atoms with Gasteiger partial charge in [-0.2, -0.15) is 0 Å². The van der Waals surface area contributed by atoms with E-state index in [1.807, 2.05) is 0 Å². The van der Waals surface area contributed by atoms with Gasteiger partial charge in [-0.15, -0.1) is 0 Å². The molecule has 0 aliphatic carbocycles. The number of carbonyl (C=O) groups is 2. The van der Waals surface area contributed by atoms with Crippen LogP contribution in [0.4, 0.5) is 9.59 Å². The topological polar surface area (TPSA) is 107 Å². The second kappa shape index (κ2) is 7.88. The quantitative estimate of drug-likeness (QED) is 0.592. The Morgan fingerprint density at radius 1 is 1.42 bits per heavy atom. The van der Waals surface area contributed by atoms with E-state index in [0.29, 0.717) is 19.6 Å². The van der Waals surface area contributed by atoms with Crippen LogP contribution in [0.25, 0.3) is 0 Å². The summed E-state index contributed by atoms with van der Waals surface area (Å²) >= 11 is 0. The van der Waals surface area contributed by atoms with E-state index in [0.717, 1.165) is 0 Å². The molecule has 8 heteroatoms. The molecule has 0 bridgehead atoms. The number of methoxy groups -OCH3 is 1. The van der Waals surface area contributed by atoms with E-state index in [2.05, 4.69) is 15.0 Å². The number of carboxylic acid groups (broad SMARTS) is 1. The van der Waals surface area contributed by atoms with Crippen molar-refractivity contribution in [3.63, 3.8) is 0 Å². The van der Waals surface area contributed by atoms with Crippen LogP contribution < -0.4 is 14.8 Å². The smallest absolute Gasteiger partial charge is 0.449 e. The highest BCUT2D eigenvalue weighted by Gasteiger charge is 2.07. The summed E-state index contributed by atoms with van der Waals surface area (Å²) in [6.07, 6.45) is -0.210. The molecule has 1 aromatic heterocycles. The average molecular weight is 270 g/mol. The molecule has 1 heterocycles. The molecule has 0 unspecified atom stereocenters. The second-order valence-corrected chi connectivity index (χ2v) is 3.36. The Balaban J connectivity index is 2.43. The molecule has 1 rings (SSSR count). The number of carbonyl (C=O) groups excluding carboxylic acids is 1. The zero-order chi connectivity index (χ0) is 14.1. The fourth-order valence-corrected chi connectivity index (χ4v) is 1.15. The van der Waals surface area contributed by atoms with E-state index in [1.165, 1.54) is 18.3 Å². The first-order valence-electron chi connectivity index (χ1n) is 5.43. The lowest BCUT2D eigenvalue weighted by Crippen LogP contribution is -2.28. The number of aromatic nitrogens is 1. The molecular formula is C11H14N2O6. The van der Waals surface area contributed by atoms with Gasteiger partial charge in [0, 0.05) is 32.5 Å². The fraction of sp³-hybridized carbons (Fsp3) is 0.364. The summed E-state index contributed by atoms with van der Waals surface area (Å²) < 4.78 is 14.1. The van der Waals surface area contributed by atoms with Gasteiger partial charge in [0.2, 0.25) is 5.88 Å². The Kier molecular flexibility index (Phi) is 6.10. The van der Waals surface area contributed by atoms with E-state index in [1.54, 1.807) is 7.11 Å². The molecule has 0 spiro atoms. The normalized spacial score (nSPS) is 9.74. The number of rotatable bonds is 6. The van der Waals surface area contributed by atoms with Crippen LogP contribution in [0.15, 0.2) is 18.3 Å². The summed E-state index contributed by atoms with van der Waals surface area (Å²) in [5, 5.41) is 10.9. The molecule has 0 aromatic carbocycles. The lowest BCUT2D eigenvalue weighted by Gasteiger charge is -2.06. The summed E-state index contributed by atoms with van der Waals surface area (Å²) in [6, 6.07) is 2.60. The van der Waals surface area contributed by atoms with Crippen LogP contribution in [0.3, 0.4) is 0 Å². The van der Waals surface area contributed by atoms with Crippen LogP contribution in [0, 0.1) is 0 Å². The summed E-state index contributed by atoms with van der Waals surface area (Å²) in [6.45, 7) is 0.947. The van der Waals surface area contributed by atoms with Gasteiger partial charge >= 0.3 is 12.2 Å². The molecule has 1 aromatic rings. The third-order valence-corrected chi connectivity index (χ3v) is 1.90. The number of ether oxygens (including phenoxy) is 3. The minimum Gasteiger partial charge on any atom is -0.449 e. The number of hydrogen-bond acceptors (Lipinski definition) is 6. The largest absolute Gasteiger partial charge is 0.512 e. The number of pyridine rings is 1. The van der Waals surface area contributed by atoms with Gasteiger partial charge < -0.3 is 24.6 Å². The minimum absolute atomic E-state index is 0.135. The van der Waals surface area contributed by atoms with Gasteiger partial charge in [-0.25, -0.2) is 14.6 Å². The molecule has 0 saturated carbocycles. The third kappa shape index (κ3) is 6.22. The maximum Gasteiger partial charge on any atom is 0.512 e. The van der Waals surface area contributed by atoms with Gasteiger partial charge in [0.25, 0.3) is 0 Å². The minimum atomic E-state index is -1.49. The Labute approximate surface area is 109 Å². The highest BCUT2D eigenvalue weighted by atomic mass is 16.7. The van der Waals surface area contributed by atoms with Gasteiger partial charge in [-0.3, -0.25) is 0 Å². The van der Waals surface area contributed by atoms with E-state index < -0.39 is 12.2 Å². The van der Waals surface area contributed by atoms with Crippen molar-refractivity contribution in [2.45, 2.75) is 6.42 Å². The molecule has 104 valence electrons. The predicted molar refractivity (Wildman–Crippen MR) is 63.4 cm³/mol. The Hall–Kier alpha value is -2.35. The lowest BCUT2D eigenvalue weighted by molar-refractivity contribution is 0.142. The van der Waals surface area contributed by atoms with E-state index in [-0.39, 0.29) is 11.6 Å². The van der Waals surface area contributed by atoms with Crippen LogP contribution in [-0.2, 0) is 4.74 Å². The van der Waals surface area contributed by atoms with Gasteiger partial charge in [-0.1, -0.05) is 0 Å². The molecule has 0 aliphatic heterocycles. The number of hydrogen-bond donors (Lipinski definition) is 2. The van der Waals surface area contributed by atoms with Crippen molar-refractivity contribution in [1.29, 1.82) is 0 Å². The molecule has 8 nitrogen and oxygen atoms in total. The highest BCUT2D eigenvalue weighted by molar-refractivity contribution is 5.70. The van der Waals surface area contributed by atoms with Crippen molar-refractivity contribution in [1.82, 2.24) is 10.3 Å². The predicted octanol–water partition coefficient (Wildman–Crippen LogP) is 1.26. The summed E-state index contributed by atoms with van der Waals surface area (Å²) in [5.74, 6) is -0.0346. The zero-order valence-corrected chi connectivity index (χ0v) is 10.3. The molecule has 0 atom stereocenters. The first-order chi connectivity index (χ1) is 9.11. The maximum atomic E-state index is 11.4. The number of amides is 1. The fourth-order valence-electron chi connectivity index (χ4n) is 1.15. The van der Waals surface area contributed by atoms with Crippen LogP contribution in [-0.4, -0.2) is 42.6 Å². The van der Waals surface area contributed by atoms with Gasteiger partial charge in [0.05, 0.1) is 0 Å². The van der Waals surface area contributed by atoms with Crippen LogP contribution in [0.1, 0.15) is 6.42 Å². The van der Waals surface area contributed by atoms with Gasteiger partial charge in [0.1, 0.15) is 5.75 Å². The van der Waals surface area contributed by atoms with E-state index >= 15 is 0 Å². The Bertz CT molecular complexity index is 437. The molecule has 0 fully saturated rings. The van der Waals surface area contributed by atoms with Crippen molar-refractivity contribution in [3.8, 4) is 11.6 Å². The number of nitrogens with one attached hydrogen (secondary N) is 1. The van der Waals surface area contributed by atoms with Gasteiger partial charge in [0.15, 0.2) is 0 Å². The number of nitrogens with zero attached hydrogens (tertiary/aromatic N) is 1. The standard InChI is InChI=1S/C11H14N2O6/c1-17-6-2-4-13-10(14)18-8-3-5-12-9(7-8)19-11(15)16/h3,5,7H,2,4,6H2,1H3,(H,13,14)(H,15,16). The molecule has 2 N–H and O–H groups in total. The first kappa shape index (κ1) is 14.7. The lowest BCUT2D eigenvalue weighted by atomic mass is 10.4. The SMILES string of the molecule is COCCCNC(=O)Oc1ccnc(OC(=O)O)c1. The zero-order valence-electron chi connectivity index (χ0n) is 10.3. The molecule has 1 amide bonds. The van der Waals surface area contributed by atoms with Crippen molar-refractivity contribution in [2.24, 2.45) is 0 Å². The van der Waals surface area contributed by atoms with Crippen molar-refractivity contribution < 1.29 is 28.9 Å². The summed E-state index contributed by atoms with van der Waals surface area (Å²) in [4.78, 5) is 25.3. The summed E-state index contributed by atoms with van der Waals surface area (Å²) in [5.41, 5.74) is 0. The molecular weight excluding hydrogens is 256 g/mol. The highest BCUT2D eigenvalue weighted by Crippen LogP contribution is 2.16. The molecule has 0 radical (unpaired) electrons. The maximum absolute atomic E-state index is 11.4.